The quantitative estimate of drug-likeness (QED) is 0.821. The number of hydrogen-bond acceptors (Lipinski definition) is 3. The molecule has 2 amide bonds. The van der Waals surface area contributed by atoms with Crippen molar-refractivity contribution in [2.75, 3.05) is 0 Å². The van der Waals surface area contributed by atoms with Crippen LogP contribution < -0.4 is 10.9 Å². The summed E-state index contributed by atoms with van der Waals surface area (Å²) >= 11 is 0. The number of carbonyl (C=O) groups is 2. The highest BCUT2D eigenvalue weighted by Crippen LogP contribution is 2.69. The first-order valence-electron chi connectivity index (χ1n) is 8.83. The van der Waals surface area contributed by atoms with Gasteiger partial charge in [0.05, 0.1) is 5.41 Å². The Balaban J connectivity index is 1.48. The van der Waals surface area contributed by atoms with Crippen molar-refractivity contribution in [2.45, 2.75) is 52.4 Å². The minimum atomic E-state index is -0.311. The summed E-state index contributed by atoms with van der Waals surface area (Å²) < 4.78 is 0. The highest BCUT2D eigenvalue weighted by atomic mass is 16.2. The summed E-state index contributed by atoms with van der Waals surface area (Å²) in [6.45, 7) is 4.68. The van der Waals surface area contributed by atoms with Gasteiger partial charge in [-0.15, -0.1) is 0 Å². The van der Waals surface area contributed by atoms with Crippen LogP contribution in [0.1, 0.15) is 62.7 Å². The summed E-state index contributed by atoms with van der Waals surface area (Å²) in [4.78, 5) is 29.0. The molecule has 24 heavy (non-hydrogen) atoms. The number of nitrogens with one attached hydrogen (secondary N) is 2. The SMILES string of the molecule is C[C@]12CC3CC(C(=O)NNC(=O)c4ccncc4)(C1)C[C@](C)(C3)C2. The molecule has 2 N–H and O–H groups in total. The van der Waals surface area contributed by atoms with Crippen molar-refractivity contribution in [1.82, 2.24) is 15.8 Å². The van der Waals surface area contributed by atoms with Gasteiger partial charge in [0.2, 0.25) is 5.91 Å². The third-order valence-corrected chi connectivity index (χ3v) is 6.34. The van der Waals surface area contributed by atoms with Crippen molar-refractivity contribution in [3.63, 3.8) is 0 Å². The van der Waals surface area contributed by atoms with Crippen molar-refractivity contribution in [3.8, 4) is 0 Å². The molecule has 4 bridgehead atoms. The lowest BCUT2D eigenvalue weighted by atomic mass is 9.40. The van der Waals surface area contributed by atoms with E-state index < -0.39 is 0 Å². The Morgan fingerprint density at radius 3 is 2.21 bits per heavy atom. The molecule has 1 aromatic rings. The molecule has 5 nitrogen and oxygen atoms in total. The number of carbonyl (C=O) groups excluding carboxylic acids is 2. The van der Waals surface area contributed by atoms with E-state index in [0.717, 1.165) is 19.3 Å². The summed E-state index contributed by atoms with van der Waals surface area (Å²) in [5, 5.41) is 0. The first-order valence-corrected chi connectivity index (χ1v) is 8.83. The summed E-state index contributed by atoms with van der Waals surface area (Å²) in [5.41, 5.74) is 6.04. The number of hydrogen-bond donors (Lipinski definition) is 2. The van der Waals surface area contributed by atoms with Gasteiger partial charge in [0.15, 0.2) is 0 Å². The number of rotatable bonds is 2. The average Bonchev–Trinajstić information content (AvgIpc) is 2.49. The van der Waals surface area contributed by atoms with Gasteiger partial charge in [-0.25, -0.2) is 0 Å². The van der Waals surface area contributed by atoms with Gasteiger partial charge < -0.3 is 0 Å². The number of pyridine rings is 1. The molecule has 2 atom stereocenters. The van der Waals surface area contributed by atoms with E-state index in [1.807, 2.05) is 0 Å². The summed E-state index contributed by atoms with van der Waals surface area (Å²) in [7, 11) is 0. The standard InChI is InChI=1S/C19H25N3O2/c1-17-7-13-8-18(2,10-17)12-19(9-13,11-17)16(24)22-21-15(23)14-3-5-20-6-4-14/h3-6,13H,7-12H2,1-2H3,(H,21,23)(H,22,24)/t13?,17-,18-,19?/m1/s1. The van der Waals surface area contributed by atoms with E-state index in [1.54, 1.807) is 24.5 Å². The molecule has 4 saturated carbocycles. The molecule has 128 valence electrons. The van der Waals surface area contributed by atoms with E-state index in [9.17, 15) is 9.59 Å². The average molecular weight is 327 g/mol. The van der Waals surface area contributed by atoms with E-state index in [-0.39, 0.29) is 28.1 Å². The predicted molar refractivity (Wildman–Crippen MR) is 89.7 cm³/mol. The second-order valence-electron chi connectivity index (χ2n) is 9.05. The predicted octanol–water partition coefficient (Wildman–Crippen LogP) is 2.84. The molecule has 5 rings (SSSR count). The second kappa shape index (κ2) is 5.04. The van der Waals surface area contributed by atoms with Crippen LogP contribution in [0.15, 0.2) is 24.5 Å². The van der Waals surface area contributed by atoms with Crippen molar-refractivity contribution in [1.29, 1.82) is 0 Å². The molecule has 4 aliphatic carbocycles. The molecule has 0 aromatic carbocycles. The molecule has 1 heterocycles. The largest absolute Gasteiger partial charge is 0.273 e. The minimum Gasteiger partial charge on any atom is -0.273 e. The molecule has 0 unspecified atom stereocenters. The maximum absolute atomic E-state index is 13.0. The smallest absolute Gasteiger partial charge is 0.269 e. The van der Waals surface area contributed by atoms with Gasteiger partial charge in [-0.3, -0.25) is 25.4 Å². The molecular formula is C19H25N3O2. The van der Waals surface area contributed by atoms with Crippen LogP contribution in [0.2, 0.25) is 0 Å². The lowest BCUT2D eigenvalue weighted by Crippen LogP contribution is -2.61. The van der Waals surface area contributed by atoms with E-state index in [1.165, 1.54) is 19.3 Å². The third-order valence-electron chi connectivity index (χ3n) is 6.34. The molecule has 0 saturated heterocycles. The van der Waals surface area contributed by atoms with E-state index >= 15 is 0 Å². The van der Waals surface area contributed by atoms with Crippen molar-refractivity contribution < 1.29 is 9.59 Å². The maximum Gasteiger partial charge on any atom is 0.269 e. The zero-order valence-electron chi connectivity index (χ0n) is 14.4. The topological polar surface area (TPSA) is 71.1 Å². The first kappa shape index (κ1) is 15.6. The lowest BCUT2D eigenvalue weighted by molar-refractivity contribution is -0.170. The van der Waals surface area contributed by atoms with Crippen molar-refractivity contribution in [2.24, 2.45) is 22.2 Å². The molecule has 4 aliphatic rings. The Morgan fingerprint density at radius 1 is 1.00 bits per heavy atom. The van der Waals surface area contributed by atoms with Gasteiger partial charge >= 0.3 is 0 Å². The molecule has 1 aromatic heterocycles. The molecular weight excluding hydrogens is 302 g/mol. The number of amides is 2. The van der Waals surface area contributed by atoms with Crippen molar-refractivity contribution in [3.05, 3.63) is 30.1 Å². The van der Waals surface area contributed by atoms with Gasteiger partial charge in [-0.1, -0.05) is 13.8 Å². The normalized spacial score (nSPS) is 39.5. The molecule has 5 heteroatoms. The lowest BCUT2D eigenvalue weighted by Gasteiger charge is -2.64. The number of nitrogens with zero attached hydrogens (tertiary/aromatic N) is 1. The maximum atomic E-state index is 13.0. The Hall–Kier alpha value is -1.91. The Labute approximate surface area is 142 Å². The molecule has 0 spiro atoms. The van der Waals surface area contributed by atoms with Gasteiger partial charge in [0, 0.05) is 18.0 Å². The van der Waals surface area contributed by atoms with Crippen LogP contribution >= 0.6 is 0 Å². The van der Waals surface area contributed by atoms with Gasteiger partial charge in [-0.2, -0.15) is 0 Å². The Kier molecular flexibility index (Phi) is 3.28. The monoisotopic (exact) mass is 327 g/mol. The summed E-state index contributed by atoms with van der Waals surface area (Å²) in [6, 6.07) is 3.27. The van der Waals surface area contributed by atoms with Crippen LogP contribution in [0.25, 0.3) is 0 Å². The van der Waals surface area contributed by atoms with Gasteiger partial charge in [0.25, 0.3) is 5.91 Å². The van der Waals surface area contributed by atoms with E-state index in [4.69, 9.17) is 0 Å². The minimum absolute atomic E-state index is 0.00791. The van der Waals surface area contributed by atoms with Crippen LogP contribution in [0.3, 0.4) is 0 Å². The number of hydrazine groups is 1. The third kappa shape index (κ3) is 2.50. The fraction of sp³-hybridized carbons (Fsp3) is 0.632. The van der Waals surface area contributed by atoms with Gasteiger partial charge in [0.1, 0.15) is 0 Å². The van der Waals surface area contributed by atoms with Crippen LogP contribution in [-0.2, 0) is 4.79 Å². The molecule has 0 aliphatic heterocycles. The van der Waals surface area contributed by atoms with Crippen molar-refractivity contribution >= 4 is 11.8 Å². The highest BCUT2D eigenvalue weighted by molar-refractivity contribution is 5.95. The Morgan fingerprint density at radius 2 is 1.62 bits per heavy atom. The molecule has 0 radical (unpaired) electrons. The van der Waals surface area contributed by atoms with Gasteiger partial charge in [-0.05, 0) is 67.4 Å². The van der Waals surface area contributed by atoms with E-state index in [2.05, 4.69) is 29.7 Å². The zero-order chi connectivity index (χ0) is 17.0. The number of aromatic nitrogens is 1. The zero-order valence-corrected chi connectivity index (χ0v) is 14.4. The van der Waals surface area contributed by atoms with Crippen LogP contribution in [0, 0.1) is 22.2 Å². The fourth-order valence-corrected chi connectivity index (χ4v) is 6.52. The molecule has 4 fully saturated rings. The second-order valence-corrected chi connectivity index (χ2v) is 9.05. The van der Waals surface area contributed by atoms with Crippen LogP contribution in [0.4, 0.5) is 0 Å². The van der Waals surface area contributed by atoms with E-state index in [0.29, 0.717) is 11.5 Å². The highest BCUT2D eigenvalue weighted by Gasteiger charge is 2.62. The van der Waals surface area contributed by atoms with Crippen LogP contribution in [0.5, 0.6) is 0 Å². The fourth-order valence-electron chi connectivity index (χ4n) is 6.52. The Bertz CT molecular complexity index is 669. The summed E-state index contributed by atoms with van der Waals surface area (Å²) in [5.74, 6) is 0.345. The first-order chi connectivity index (χ1) is 11.3. The van der Waals surface area contributed by atoms with Crippen LogP contribution in [-0.4, -0.2) is 16.8 Å². The summed E-state index contributed by atoms with van der Waals surface area (Å²) in [6.07, 6.45) is 9.73.